The summed E-state index contributed by atoms with van der Waals surface area (Å²) in [5.74, 6) is 0.714. The number of hydrogen-bond acceptors (Lipinski definition) is 3. The Morgan fingerprint density at radius 1 is 1.47 bits per heavy atom. The fourth-order valence-electron chi connectivity index (χ4n) is 1.45. The van der Waals surface area contributed by atoms with Crippen molar-refractivity contribution in [1.82, 2.24) is 15.0 Å². The van der Waals surface area contributed by atoms with Gasteiger partial charge in [-0.3, -0.25) is 0 Å². The molecule has 0 fully saturated rings. The van der Waals surface area contributed by atoms with E-state index in [0.29, 0.717) is 12.5 Å². The molecule has 1 aromatic heterocycles. The van der Waals surface area contributed by atoms with Crippen molar-refractivity contribution in [3.8, 4) is 0 Å². The van der Waals surface area contributed by atoms with Crippen molar-refractivity contribution >= 4 is 16.9 Å². The molecule has 0 aliphatic rings. The highest BCUT2D eigenvalue weighted by atomic mass is 16.5. The van der Waals surface area contributed by atoms with Crippen molar-refractivity contribution in [1.29, 1.82) is 0 Å². The Morgan fingerprint density at radius 2 is 2.27 bits per heavy atom. The first-order chi connectivity index (χ1) is 7.36. The number of benzene rings is 1. The third kappa shape index (κ3) is 1.70. The second-order valence-electron chi connectivity index (χ2n) is 3.05. The molecule has 0 N–H and O–H groups in total. The lowest BCUT2D eigenvalue weighted by Crippen LogP contribution is -2.03. The molecule has 0 atom stereocenters. The van der Waals surface area contributed by atoms with Crippen molar-refractivity contribution in [2.75, 3.05) is 6.61 Å². The predicted molar refractivity (Wildman–Crippen MR) is 59.1 cm³/mol. The lowest BCUT2D eigenvalue weighted by molar-refractivity contribution is 0.272. The normalized spacial score (nSPS) is 12.0. The number of hydrogen-bond donors (Lipinski definition) is 0. The van der Waals surface area contributed by atoms with E-state index in [0.717, 1.165) is 11.0 Å². The topological polar surface area (TPSA) is 39.9 Å². The Bertz CT molecular complexity index is 487. The van der Waals surface area contributed by atoms with Crippen LogP contribution < -0.4 is 0 Å². The Kier molecular flexibility index (Phi) is 2.67. The molecule has 0 radical (unpaired) electrons. The summed E-state index contributed by atoms with van der Waals surface area (Å²) in [4.78, 5) is 0. The van der Waals surface area contributed by atoms with Gasteiger partial charge < -0.3 is 4.74 Å². The number of fused-ring (bicyclic) bond motifs is 1. The number of nitrogens with zero attached hydrogens (tertiary/aromatic N) is 3. The van der Waals surface area contributed by atoms with Gasteiger partial charge >= 0.3 is 0 Å². The fourth-order valence-corrected chi connectivity index (χ4v) is 1.45. The summed E-state index contributed by atoms with van der Waals surface area (Å²) in [5.41, 5.74) is 1.83. The molecule has 0 aliphatic carbocycles. The third-order valence-corrected chi connectivity index (χ3v) is 2.10. The maximum atomic E-state index is 5.47. The van der Waals surface area contributed by atoms with Gasteiger partial charge in [0.1, 0.15) is 5.52 Å². The second-order valence-corrected chi connectivity index (χ2v) is 3.05. The summed E-state index contributed by atoms with van der Waals surface area (Å²) in [6.07, 6.45) is 1.88. The third-order valence-electron chi connectivity index (χ3n) is 2.10. The van der Waals surface area contributed by atoms with E-state index in [-0.39, 0.29) is 0 Å². The lowest BCUT2D eigenvalue weighted by Gasteiger charge is -2.07. The minimum absolute atomic E-state index is 0.619. The number of rotatable bonds is 3. The molecule has 2 aromatic rings. The average molecular weight is 203 g/mol. The van der Waals surface area contributed by atoms with Crippen LogP contribution in [0.25, 0.3) is 16.9 Å². The molecule has 0 bridgehead atoms. The zero-order chi connectivity index (χ0) is 10.7. The van der Waals surface area contributed by atoms with E-state index >= 15 is 0 Å². The maximum absolute atomic E-state index is 5.47. The summed E-state index contributed by atoms with van der Waals surface area (Å²) < 4.78 is 7.17. The first-order valence-corrected chi connectivity index (χ1v) is 4.96. The monoisotopic (exact) mass is 203 g/mol. The molecule has 0 amide bonds. The van der Waals surface area contributed by atoms with Gasteiger partial charge in [-0.05, 0) is 32.1 Å². The molecule has 0 saturated heterocycles. The van der Waals surface area contributed by atoms with E-state index in [1.807, 2.05) is 44.2 Å². The van der Waals surface area contributed by atoms with E-state index in [1.54, 1.807) is 4.68 Å². The molecular formula is C11H13N3O. The maximum Gasteiger partial charge on any atom is 0.211 e. The van der Waals surface area contributed by atoms with Crippen LogP contribution in [0, 0.1) is 0 Å². The van der Waals surface area contributed by atoms with Gasteiger partial charge in [-0.15, -0.1) is 5.10 Å². The molecule has 4 nitrogen and oxygen atoms in total. The first-order valence-electron chi connectivity index (χ1n) is 4.96. The van der Waals surface area contributed by atoms with Crippen molar-refractivity contribution < 1.29 is 4.74 Å². The van der Waals surface area contributed by atoms with Gasteiger partial charge in [-0.1, -0.05) is 17.3 Å². The highest BCUT2D eigenvalue weighted by molar-refractivity contribution is 5.76. The van der Waals surface area contributed by atoms with Crippen LogP contribution in [0.3, 0.4) is 0 Å². The average Bonchev–Trinajstić information content (AvgIpc) is 2.70. The van der Waals surface area contributed by atoms with Crippen molar-refractivity contribution in [2.24, 2.45) is 0 Å². The largest absolute Gasteiger partial charge is 0.478 e. The van der Waals surface area contributed by atoms with Gasteiger partial charge in [0, 0.05) is 0 Å². The molecule has 2 rings (SSSR count). The summed E-state index contributed by atoms with van der Waals surface area (Å²) in [6, 6.07) is 7.80. The van der Waals surface area contributed by atoms with Crippen LogP contribution >= 0.6 is 0 Å². The smallest absolute Gasteiger partial charge is 0.211 e. The van der Waals surface area contributed by atoms with E-state index in [9.17, 15) is 0 Å². The quantitative estimate of drug-likeness (QED) is 0.718. The van der Waals surface area contributed by atoms with E-state index in [2.05, 4.69) is 10.3 Å². The van der Waals surface area contributed by atoms with Gasteiger partial charge in [0.2, 0.25) is 5.88 Å². The second kappa shape index (κ2) is 4.13. The first kappa shape index (κ1) is 9.71. The summed E-state index contributed by atoms with van der Waals surface area (Å²) in [6.45, 7) is 4.48. The molecule has 0 unspecified atom stereocenters. The molecular weight excluding hydrogens is 190 g/mol. The zero-order valence-corrected chi connectivity index (χ0v) is 8.84. The highest BCUT2D eigenvalue weighted by Crippen LogP contribution is 2.15. The number of aromatic nitrogens is 3. The minimum Gasteiger partial charge on any atom is -0.478 e. The van der Waals surface area contributed by atoms with E-state index in [1.165, 1.54) is 0 Å². The molecule has 1 aromatic carbocycles. The molecule has 4 heteroatoms. The Labute approximate surface area is 88.2 Å². The zero-order valence-electron chi connectivity index (χ0n) is 8.84. The Hall–Kier alpha value is -1.84. The highest BCUT2D eigenvalue weighted by Gasteiger charge is 2.07. The van der Waals surface area contributed by atoms with Crippen LogP contribution in [0.15, 0.2) is 30.3 Å². The summed E-state index contributed by atoms with van der Waals surface area (Å²) in [5, 5.41) is 8.12. The van der Waals surface area contributed by atoms with Gasteiger partial charge in [-0.2, -0.15) is 4.68 Å². The fraction of sp³-hybridized carbons (Fsp3) is 0.273. The van der Waals surface area contributed by atoms with Gasteiger partial charge in [-0.25, -0.2) is 0 Å². The van der Waals surface area contributed by atoms with Crippen LogP contribution in [0.2, 0.25) is 0 Å². The van der Waals surface area contributed by atoms with Crippen molar-refractivity contribution in [2.45, 2.75) is 13.8 Å². The number of allylic oxidation sites excluding steroid dienone is 1. The van der Waals surface area contributed by atoms with Crippen molar-refractivity contribution in [3.05, 3.63) is 30.3 Å². The molecule has 1 heterocycles. The Balaban J connectivity index is 2.51. The minimum atomic E-state index is 0.619. The molecule has 0 spiro atoms. The lowest BCUT2D eigenvalue weighted by atomic mass is 10.3. The SMILES string of the molecule is C/C=C(/OCC)n1nnc2ccccc21. The van der Waals surface area contributed by atoms with Crippen LogP contribution in [0.5, 0.6) is 0 Å². The predicted octanol–water partition coefficient (Wildman–Crippen LogP) is 2.29. The standard InChI is InChI=1S/C11H13N3O/c1-3-11(15-4-2)14-10-8-6-5-7-9(10)12-13-14/h3,5-8H,4H2,1-2H3/b11-3+. The molecule has 78 valence electrons. The Morgan fingerprint density at radius 3 is 3.00 bits per heavy atom. The van der Waals surface area contributed by atoms with Crippen LogP contribution in [-0.4, -0.2) is 21.6 Å². The van der Waals surface area contributed by atoms with Gasteiger partial charge in [0.05, 0.1) is 12.1 Å². The van der Waals surface area contributed by atoms with Gasteiger partial charge in [0.15, 0.2) is 0 Å². The summed E-state index contributed by atoms with van der Waals surface area (Å²) >= 11 is 0. The van der Waals surface area contributed by atoms with Crippen LogP contribution in [-0.2, 0) is 4.74 Å². The van der Waals surface area contributed by atoms with Gasteiger partial charge in [0.25, 0.3) is 0 Å². The number of para-hydroxylation sites is 1. The molecule has 15 heavy (non-hydrogen) atoms. The van der Waals surface area contributed by atoms with E-state index in [4.69, 9.17) is 4.74 Å². The van der Waals surface area contributed by atoms with Crippen LogP contribution in [0.1, 0.15) is 13.8 Å². The van der Waals surface area contributed by atoms with Crippen molar-refractivity contribution in [3.63, 3.8) is 0 Å². The molecule has 0 aliphatic heterocycles. The van der Waals surface area contributed by atoms with E-state index < -0.39 is 0 Å². The van der Waals surface area contributed by atoms with Crippen LogP contribution in [0.4, 0.5) is 0 Å². The number of ether oxygens (including phenoxy) is 1. The molecule has 0 saturated carbocycles. The summed E-state index contributed by atoms with van der Waals surface area (Å²) in [7, 11) is 0.